The minimum absolute atomic E-state index is 0.0130. The van der Waals surface area contributed by atoms with Gasteiger partial charge in [-0.3, -0.25) is 9.59 Å². The lowest BCUT2D eigenvalue weighted by atomic mass is 9.79. The molecule has 1 saturated carbocycles. The Labute approximate surface area is 216 Å². The molecule has 2 aromatic carbocycles. The number of aryl methyl sites for hydroxylation is 2. The molecule has 4 aromatic rings. The van der Waals surface area contributed by atoms with E-state index in [2.05, 4.69) is 27.5 Å². The summed E-state index contributed by atoms with van der Waals surface area (Å²) >= 11 is 0. The quantitative estimate of drug-likeness (QED) is 0.398. The minimum atomic E-state index is -0.281. The fraction of sp³-hybridized carbons (Fsp3) is 0.379. The highest BCUT2D eigenvalue weighted by Gasteiger charge is 2.21. The summed E-state index contributed by atoms with van der Waals surface area (Å²) in [5.41, 5.74) is 4.28. The molecule has 1 aliphatic rings. The van der Waals surface area contributed by atoms with Crippen LogP contribution in [-0.2, 0) is 17.8 Å². The maximum atomic E-state index is 12.8. The average Bonchev–Trinajstić information content (AvgIpc) is 3.35. The van der Waals surface area contributed by atoms with Gasteiger partial charge in [0.2, 0.25) is 11.7 Å². The molecule has 0 aliphatic heterocycles. The van der Waals surface area contributed by atoms with Gasteiger partial charge in [0, 0.05) is 29.6 Å². The predicted octanol–water partition coefficient (Wildman–Crippen LogP) is 4.15. The largest absolute Gasteiger partial charge is 0.396 e. The standard InChI is InChI=1S/C29H33N5O3/c1-19-3-13-25(14-4-19)30-26(36)17-33-20(2)15-27(37)34-29(33)31-28(32-34)24-11-9-22(10-12-24)16-21-5-7-23(18-35)8-6-21/h3-4,9-15,21,23,35H,5-8,16-18H2,1-2H3,(H,30,36). The third kappa shape index (κ3) is 5.64. The van der Waals surface area contributed by atoms with Gasteiger partial charge in [-0.2, -0.15) is 9.50 Å². The van der Waals surface area contributed by atoms with Crippen LogP contribution in [0.3, 0.4) is 0 Å². The van der Waals surface area contributed by atoms with Gasteiger partial charge in [-0.1, -0.05) is 42.0 Å². The summed E-state index contributed by atoms with van der Waals surface area (Å²) in [7, 11) is 0. The highest BCUT2D eigenvalue weighted by atomic mass is 16.3. The first kappa shape index (κ1) is 24.9. The van der Waals surface area contributed by atoms with Gasteiger partial charge >= 0.3 is 0 Å². The van der Waals surface area contributed by atoms with Crippen molar-refractivity contribution in [3.8, 4) is 11.4 Å². The minimum Gasteiger partial charge on any atom is -0.396 e. The summed E-state index contributed by atoms with van der Waals surface area (Å²) in [4.78, 5) is 30.1. The van der Waals surface area contributed by atoms with E-state index in [1.165, 1.54) is 16.1 Å². The lowest BCUT2D eigenvalue weighted by Crippen LogP contribution is -2.25. The van der Waals surface area contributed by atoms with E-state index >= 15 is 0 Å². The molecule has 0 saturated heterocycles. The van der Waals surface area contributed by atoms with E-state index in [0.29, 0.717) is 41.4 Å². The molecule has 1 aliphatic carbocycles. The normalized spacial score (nSPS) is 17.7. The fourth-order valence-corrected chi connectivity index (χ4v) is 5.14. The average molecular weight is 500 g/mol. The van der Waals surface area contributed by atoms with Crippen molar-refractivity contribution in [2.75, 3.05) is 11.9 Å². The number of hydrogen-bond acceptors (Lipinski definition) is 5. The predicted molar refractivity (Wildman–Crippen MR) is 143 cm³/mol. The molecule has 1 fully saturated rings. The van der Waals surface area contributed by atoms with Crippen LogP contribution in [0, 0.1) is 25.7 Å². The summed E-state index contributed by atoms with van der Waals surface area (Å²) in [5.74, 6) is 1.69. The molecule has 0 bridgehead atoms. The Hall–Kier alpha value is -3.78. The topological polar surface area (TPSA) is 102 Å². The monoisotopic (exact) mass is 499 g/mol. The molecule has 2 heterocycles. The SMILES string of the molecule is Cc1ccc(NC(=O)Cn2c(C)cc(=O)n3nc(-c4ccc(CC5CCC(CO)CC5)cc4)nc23)cc1. The van der Waals surface area contributed by atoms with Gasteiger partial charge in [-0.05, 0) is 75.5 Å². The summed E-state index contributed by atoms with van der Waals surface area (Å²) in [5, 5.41) is 16.7. The lowest BCUT2D eigenvalue weighted by molar-refractivity contribution is -0.116. The van der Waals surface area contributed by atoms with Crippen molar-refractivity contribution >= 4 is 17.4 Å². The van der Waals surface area contributed by atoms with Gasteiger partial charge in [0.25, 0.3) is 5.56 Å². The van der Waals surface area contributed by atoms with E-state index in [1.807, 2.05) is 43.3 Å². The molecule has 0 unspecified atom stereocenters. The van der Waals surface area contributed by atoms with Crippen LogP contribution >= 0.6 is 0 Å². The van der Waals surface area contributed by atoms with E-state index in [9.17, 15) is 14.7 Å². The second kappa shape index (κ2) is 10.7. The van der Waals surface area contributed by atoms with Crippen molar-refractivity contribution in [2.24, 2.45) is 11.8 Å². The first-order valence-electron chi connectivity index (χ1n) is 12.9. The number of aromatic nitrogens is 4. The molecular weight excluding hydrogens is 466 g/mol. The van der Waals surface area contributed by atoms with E-state index in [0.717, 1.165) is 43.2 Å². The summed E-state index contributed by atoms with van der Waals surface area (Å²) in [6, 6.07) is 17.3. The molecule has 8 heteroatoms. The Kier molecular flexibility index (Phi) is 7.19. The first-order valence-corrected chi connectivity index (χ1v) is 12.9. The summed E-state index contributed by atoms with van der Waals surface area (Å²) < 4.78 is 2.97. The zero-order valence-corrected chi connectivity index (χ0v) is 21.4. The number of carbonyl (C=O) groups is 1. The second-order valence-corrected chi connectivity index (χ2v) is 10.2. The van der Waals surface area contributed by atoms with Crippen LogP contribution in [0.5, 0.6) is 0 Å². The van der Waals surface area contributed by atoms with Crippen molar-refractivity contribution in [2.45, 2.75) is 52.5 Å². The van der Waals surface area contributed by atoms with Gasteiger partial charge in [0.1, 0.15) is 6.54 Å². The van der Waals surface area contributed by atoms with Crippen molar-refractivity contribution in [3.63, 3.8) is 0 Å². The Bertz CT molecular complexity index is 1450. The van der Waals surface area contributed by atoms with E-state index < -0.39 is 0 Å². The molecule has 0 atom stereocenters. The zero-order chi connectivity index (χ0) is 25.9. The number of anilines is 1. The van der Waals surface area contributed by atoms with Gasteiger partial charge in [0.05, 0.1) is 0 Å². The van der Waals surface area contributed by atoms with Gasteiger partial charge in [0.15, 0.2) is 5.82 Å². The number of rotatable bonds is 7. The molecule has 0 spiro atoms. The third-order valence-corrected chi connectivity index (χ3v) is 7.40. The maximum absolute atomic E-state index is 12.8. The molecule has 0 radical (unpaired) electrons. The maximum Gasteiger partial charge on any atom is 0.275 e. The molecule has 1 amide bonds. The van der Waals surface area contributed by atoms with Gasteiger partial charge in [-0.25, -0.2) is 0 Å². The lowest BCUT2D eigenvalue weighted by Gasteiger charge is -2.27. The number of benzene rings is 2. The molecule has 5 rings (SSSR count). The molecule has 192 valence electrons. The number of nitrogens with one attached hydrogen (secondary N) is 1. The van der Waals surface area contributed by atoms with Gasteiger partial charge < -0.3 is 15.0 Å². The molecule has 8 nitrogen and oxygen atoms in total. The van der Waals surface area contributed by atoms with Gasteiger partial charge in [-0.15, -0.1) is 5.10 Å². The summed E-state index contributed by atoms with van der Waals surface area (Å²) in [6.45, 7) is 4.10. The van der Waals surface area contributed by atoms with Crippen molar-refractivity contribution in [1.29, 1.82) is 0 Å². The van der Waals surface area contributed by atoms with Crippen LogP contribution in [0.2, 0.25) is 0 Å². The number of aliphatic hydroxyl groups excluding tert-OH is 1. The highest BCUT2D eigenvalue weighted by molar-refractivity contribution is 5.90. The van der Waals surface area contributed by atoms with Crippen LogP contribution in [0.15, 0.2) is 59.4 Å². The zero-order valence-electron chi connectivity index (χ0n) is 21.4. The summed E-state index contributed by atoms with van der Waals surface area (Å²) in [6.07, 6.45) is 5.54. The number of nitrogens with zero attached hydrogens (tertiary/aromatic N) is 4. The number of fused-ring (bicyclic) bond motifs is 1. The molecule has 2 N–H and O–H groups in total. The molecule has 37 heavy (non-hydrogen) atoms. The van der Waals surface area contributed by atoms with Crippen LogP contribution in [0.25, 0.3) is 17.2 Å². The van der Waals surface area contributed by atoms with Crippen LogP contribution in [0.1, 0.15) is 42.5 Å². The van der Waals surface area contributed by atoms with E-state index in [1.54, 1.807) is 11.5 Å². The van der Waals surface area contributed by atoms with Crippen LogP contribution < -0.4 is 10.9 Å². The third-order valence-electron chi connectivity index (χ3n) is 7.40. The number of amides is 1. The number of carbonyl (C=O) groups excluding carboxylic acids is 1. The first-order chi connectivity index (χ1) is 17.9. The fourth-order valence-electron chi connectivity index (χ4n) is 5.14. The van der Waals surface area contributed by atoms with Crippen LogP contribution in [0.4, 0.5) is 5.69 Å². The van der Waals surface area contributed by atoms with E-state index in [4.69, 9.17) is 0 Å². The van der Waals surface area contributed by atoms with Crippen molar-refractivity contribution in [3.05, 3.63) is 81.8 Å². The highest BCUT2D eigenvalue weighted by Crippen LogP contribution is 2.31. The second-order valence-electron chi connectivity index (χ2n) is 10.2. The van der Waals surface area contributed by atoms with Crippen molar-refractivity contribution in [1.82, 2.24) is 19.2 Å². The van der Waals surface area contributed by atoms with Crippen molar-refractivity contribution < 1.29 is 9.90 Å². The van der Waals surface area contributed by atoms with Crippen LogP contribution in [-0.4, -0.2) is 36.8 Å². The molecular formula is C29H33N5O3. The smallest absolute Gasteiger partial charge is 0.275 e. The Morgan fingerprint density at radius 1 is 1.00 bits per heavy atom. The van der Waals surface area contributed by atoms with E-state index in [-0.39, 0.29) is 18.0 Å². The molecule has 2 aromatic heterocycles. The Morgan fingerprint density at radius 2 is 1.68 bits per heavy atom. The Morgan fingerprint density at radius 3 is 2.35 bits per heavy atom. The number of hydrogen-bond donors (Lipinski definition) is 2. The Balaban J connectivity index is 1.34. The number of aliphatic hydroxyl groups is 1.